The van der Waals surface area contributed by atoms with Crippen molar-refractivity contribution in [2.75, 3.05) is 6.61 Å². The predicted molar refractivity (Wildman–Crippen MR) is 108 cm³/mol. The van der Waals surface area contributed by atoms with E-state index in [2.05, 4.69) is 15.1 Å². The van der Waals surface area contributed by atoms with E-state index in [-0.39, 0.29) is 23.5 Å². The highest BCUT2D eigenvalue weighted by Crippen LogP contribution is 2.40. The highest BCUT2D eigenvalue weighted by molar-refractivity contribution is 5.79. The summed E-state index contributed by atoms with van der Waals surface area (Å²) in [4.78, 5) is 8.40. The molecule has 5 nitrogen and oxygen atoms in total. The van der Waals surface area contributed by atoms with Crippen molar-refractivity contribution in [1.29, 1.82) is 0 Å². The first-order chi connectivity index (χ1) is 15.5. The van der Waals surface area contributed by atoms with Gasteiger partial charge in [0.15, 0.2) is 11.3 Å². The molecule has 0 unspecified atom stereocenters. The van der Waals surface area contributed by atoms with Gasteiger partial charge in [-0.15, -0.1) is 0 Å². The number of pyridine rings is 1. The molecule has 0 N–H and O–H groups in total. The molecule has 0 atom stereocenters. The van der Waals surface area contributed by atoms with E-state index in [1.807, 2.05) is 0 Å². The van der Waals surface area contributed by atoms with Crippen LogP contribution in [0.15, 0.2) is 48.8 Å². The highest BCUT2D eigenvalue weighted by Gasteiger charge is 2.37. The molecule has 4 aromatic rings. The Hall–Kier alpha value is -3.63. The molecule has 0 spiro atoms. The number of hydrogen-bond acceptors (Lipinski definition) is 4. The summed E-state index contributed by atoms with van der Waals surface area (Å²) >= 11 is 0. The monoisotopic (exact) mass is 466 g/mol. The number of halogens is 6. The van der Waals surface area contributed by atoms with Crippen molar-refractivity contribution < 1.29 is 31.1 Å². The molecule has 3 heterocycles. The summed E-state index contributed by atoms with van der Waals surface area (Å²) in [6.45, 7) is 3.18. The first-order valence-corrected chi connectivity index (χ1v) is 9.72. The van der Waals surface area contributed by atoms with E-state index in [1.54, 1.807) is 19.1 Å². The number of ether oxygens (including phenoxy) is 1. The molecule has 0 aliphatic heterocycles. The average molecular weight is 466 g/mol. The van der Waals surface area contributed by atoms with Gasteiger partial charge in [0, 0.05) is 23.0 Å². The van der Waals surface area contributed by atoms with Crippen molar-refractivity contribution in [2.45, 2.75) is 26.2 Å². The van der Waals surface area contributed by atoms with Crippen LogP contribution in [0.4, 0.5) is 26.3 Å². The highest BCUT2D eigenvalue weighted by atomic mass is 19.4. The Labute approximate surface area is 183 Å². The number of rotatable bonds is 4. The molecule has 1 aromatic carbocycles. The topological polar surface area (TPSA) is 52.3 Å². The standard InChI is InChI=1S/C22H16F6N4O/c1-3-33-18-9-14(4-5-16(18)21(23,24)25)17-10-19(22(26,27)28)32-20(31-17)15(11-30-32)13-6-7-29-12(2)8-13/h4-11H,3H2,1-2H3. The summed E-state index contributed by atoms with van der Waals surface area (Å²) in [6.07, 6.45) is -6.71. The van der Waals surface area contributed by atoms with Crippen molar-refractivity contribution in [3.05, 3.63) is 65.7 Å². The molecule has 33 heavy (non-hydrogen) atoms. The molecule has 4 rings (SSSR count). The number of aryl methyl sites for hydroxylation is 1. The Kier molecular flexibility index (Phi) is 5.51. The molecule has 3 aromatic heterocycles. The summed E-state index contributed by atoms with van der Waals surface area (Å²) in [6, 6.07) is 6.90. The lowest BCUT2D eigenvalue weighted by Crippen LogP contribution is -2.14. The number of nitrogens with zero attached hydrogens (tertiary/aromatic N) is 4. The van der Waals surface area contributed by atoms with Crippen molar-refractivity contribution >= 4 is 5.65 Å². The van der Waals surface area contributed by atoms with Gasteiger partial charge in [0.1, 0.15) is 5.75 Å². The van der Waals surface area contributed by atoms with E-state index in [0.717, 1.165) is 24.3 Å². The van der Waals surface area contributed by atoms with Gasteiger partial charge < -0.3 is 4.74 Å². The summed E-state index contributed by atoms with van der Waals surface area (Å²) < 4.78 is 87.2. The van der Waals surface area contributed by atoms with Crippen LogP contribution in [0.25, 0.3) is 28.0 Å². The molecule has 0 saturated heterocycles. The SMILES string of the molecule is CCOc1cc(-c2cc(C(F)(F)F)n3ncc(-c4ccnc(C)c4)c3n2)ccc1C(F)(F)F. The van der Waals surface area contributed by atoms with Crippen LogP contribution >= 0.6 is 0 Å². The maximum absolute atomic E-state index is 13.8. The normalized spacial score (nSPS) is 12.4. The Balaban J connectivity index is 1.97. The second kappa shape index (κ2) is 8.05. The minimum absolute atomic E-state index is 0.0394. The van der Waals surface area contributed by atoms with Gasteiger partial charge in [-0.1, -0.05) is 6.07 Å². The fraction of sp³-hybridized carbons (Fsp3) is 0.227. The second-order valence-electron chi connectivity index (χ2n) is 7.15. The van der Waals surface area contributed by atoms with Gasteiger partial charge in [0.05, 0.1) is 24.1 Å². The number of hydrogen-bond donors (Lipinski definition) is 0. The van der Waals surface area contributed by atoms with Crippen LogP contribution in [0.3, 0.4) is 0 Å². The number of fused-ring (bicyclic) bond motifs is 1. The zero-order chi connectivity index (χ0) is 24.0. The summed E-state index contributed by atoms with van der Waals surface area (Å²) in [5.74, 6) is -0.490. The van der Waals surface area contributed by atoms with Crippen molar-refractivity contribution in [2.24, 2.45) is 0 Å². The molecule has 0 saturated carbocycles. The van der Waals surface area contributed by atoms with Crippen LogP contribution in [-0.4, -0.2) is 26.2 Å². The molecule has 0 bridgehead atoms. The molecule has 172 valence electrons. The maximum atomic E-state index is 13.8. The van der Waals surface area contributed by atoms with E-state index in [9.17, 15) is 26.3 Å². The van der Waals surface area contributed by atoms with Gasteiger partial charge in [-0.2, -0.15) is 31.4 Å². The second-order valence-corrected chi connectivity index (χ2v) is 7.15. The van der Waals surface area contributed by atoms with E-state index >= 15 is 0 Å². The minimum atomic E-state index is -4.79. The van der Waals surface area contributed by atoms with Crippen molar-refractivity contribution in [3.63, 3.8) is 0 Å². The Morgan fingerprint density at radius 1 is 0.939 bits per heavy atom. The van der Waals surface area contributed by atoms with E-state index in [4.69, 9.17) is 4.74 Å². The molecular formula is C22H16F6N4O. The molecular weight excluding hydrogens is 450 g/mol. The molecule has 0 aliphatic rings. The van der Waals surface area contributed by atoms with Gasteiger partial charge in [-0.25, -0.2) is 9.50 Å². The Morgan fingerprint density at radius 2 is 1.70 bits per heavy atom. The zero-order valence-electron chi connectivity index (χ0n) is 17.3. The van der Waals surface area contributed by atoms with Gasteiger partial charge in [0.2, 0.25) is 0 Å². The lowest BCUT2D eigenvalue weighted by Gasteiger charge is -2.15. The smallest absolute Gasteiger partial charge is 0.433 e. The van der Waals surface area contributed by atoms with Crippen LogP contribution in [0.5, 0.6) is 5.75 Å². The Bertz CT molecular complexity index is 1330. The molecule has 0 fully saturated rings. The van der Waals surface area contributed by atoms with Crippen molar-refractivity contribution in [1.82, 2.24) is 19.6 Å². The van der Waals surface area contributed by atoms with Crippen LogP contribution in [0, 0.1) is 6.92 Å². The number of alkyl halides is 6. The quantitative estimate of drug-likeness (QED) is 0.336. The lowest BCUT2D eigenvalue weighted by molar-refractivity contribution is -0.142. The predicted octanol–water partition coefficient (Wildman–Crippen LogP) is 6.20. The van der Waals surface area contributed by atoms with Crippen molar-refractivity contribution in [3.8, 4) is 28.1 Å². The molecule has 0 aliphatic carbocycles. The first-order valence-electron chi connectivity index (χ1n) is 9.72. The summed E-state index contributed by atoms with van der Waals surface area (Å²) in [5.41, 5.74) is -0.844. The number of aromatic nitrogens is 4. The fourth-order valence-electron chi connectivity index (χ4n) is 3.42. The van der Waals surface area contributed by atoms with E-state index in [1.165, 1.54) is 19.3 Å². The summed E-state index contributed by atoms with van der Waals surface area (Å²) in [5, 5.41) is 3.86. The van der Waals surface area contributed by atoms with Gasteiger partial charge >= 0.3 is 12.4 Å². The third-order valence-electron chi connectivity index (χ3n) is 4.85. The van der Waals surface area contributed by atoms with E-state index in [0.29, 0.717) is 21.3 Å². The maximum Gasteiger partial charge on any atom is 0.433 e. The number of benzene rings is 1. The molecule has 0 radical (unpaired) electrons. The van der Waals surface area contributed by atoms with Gasteiger partial charge in [0.25, 0.3) is 0 Å². The fourth-order valence-corrected chi connectivity index (χ4v) is 3.42. The Morgan fingerprint density at radius 3 is 2.33 bits per heavy atom. The van der Waals surface area contributed by atoms with Crippen LogP contribution in [0.1, 0.15) is 23.9 Å². The van der Waals surface area contributed by atoms with Gasteiger partial charge in [-0.05, 0) is 49.7 Å². The summed E-state index contributed by atoms with van der Waals surface area (Å²) in [7, 11) is 0. The zero-order valence-corrected chi connectivity index (χ0v) is 17.3. The van der Waals surface area contributed by atoms with Crippen LogP contribution in [-0.2, 0) is 12.4 Å². The van der Waals surface area contributed by atoms with E-state index < -0.39 is 29.4 Å². The van der Waals surface area contributed by atoms with Crippen LogP contribution in [0.2, 0.25) is 0 Å². The van der Waals surface area contributed by atoms with Crippen LogP contribution < -0.4 is 4.74 Å². The molecule has 0 amide bonds. The first kappa shape index (κ1) is 22.6. The minimum Gasteiger partial charge on any atom is -0.493 e. The largest absolute Gasteiger partial charge is 0.493 e. The average Bonchev–Trinajstić information content (AvgIpc) is 3.15. The lowest BCUT2D eigenvalue weighted by atomic mass is 10.1. The third kappa shape index (κ3) is 4.35. The molecule has 11 heteroatoms. The van der Waals surface area contributed by atoms with Gasteiger partial charge in [-0.3, -0.25) is 4.98 Å². The third-order valence-corrected chi connectivity index (χ3v) is 4.85.